The third-order valence-electron chi connectivity index (χ3n) is 5.64. The van der Waals surface area contributed by atoms with Crippen molar-refractivity contribution < 1.29 is 13.2 Å². The Balaban J connectivity index is 1.51. The van der Waals surface area contributed by atoms with Crippen LogP contribution in [0.3, 0.4) is 0 Å². The Bertz CT molecular complexity index is 1220. The van der Waals surface area contributed by atoms with Crippen molar-refractivity contribution in [3.05, 3.63) is 59.9 Å². The molecule has 1 aliphatic rings. The molecule has 0 unspecified atom stereocenters. The molecule has 2 aromatic carbocycles. The van der Waals surface area contributed by atoms with Crippen molar-refractivity contribution in [2.24, 2.45) is 0 Å². The number of rotatable bonds is 5. The van der Waals surface area contributed by atoms with E-state index in [2.05, 4.69) is 20.1 Å². The molecule has 168 valence electrons. The number of aromatic nitrogens is 3. The van der Waals surface area contributed by atoms with Crippen LogP contribution in [0.2, 0.25) is 0 Å². The zero-order valence-electron chi connectivity index (χ0n) is 18.3. The minimum Gasteiger partial charge on any atom is -0.322 e. The Labute approximate surface area is 188 Å². The maximum Gasteiger partial charge on any atom is 0.255 e. The summed E-state index contributed by atoms with van der Waals surface area (Å²) in [5.41, 5.74) is 1.84. The first-order valence-electron chi connectivity index (χ1n) is 10.7. The van der Waals surface area contributed by atoms with Crippen molar-refractivity contribution in [3.8, 4) is 11.4 Å². The van der Waals surface area contributed by atoms with Gasteiger partial charge in [-0.1, -0.05) is 18.9 Å². The zero-order valence-corrected chi connectivity index (χ0v) is 19.1. The second-order valence-corrected chi connectivity index (χ2v) is 10.3. The zero-order chi connectivity index (χ0) is 22.7. The monoisotopic (exact) mass is 453 g/mol. The van der Waals surface area contributed by atoms with E-state index < -0.39 is 10.0 Å². The number of nitrogens with one attached hydrogen (secondary N) is 1. The van der Waals surface area contributed by atoms with E-state index >= 15 is 0 Å². The summed E-state index contributed by atoms with van der Waals surface area (Å²) in [6, 6.07) is 13.5. The van der Waals surface area contributed by atoms with E-state index in [1.54, 1.807) is 12.1 Å². The average Bonchev–Trinajstić information content (AvgIpc) is 3.15. The van der Waals surface area contributed by atoms with Gasteiger partial charge in [-0.15, -0.1) is 10.2 Å². The number of sulfonamides is 1. The van der Waals surface area contributed by atoms with E-state index in [4.69, 9.17) is 0 Å². The average molecular weight is 454 g/mol. The van der Waals surface area contributed by atoms with Gasteiger partial charge in [0.25, 0.3) is 5.91 Å². The summed E-state index contributed by atoms with van der Waals surface area (Å²) in [5, 5.41) is 11.6. The highest BCUT2D eigenvalue weighted by Crippen LogP contribution is 2.24. The fourth-order valence-corrected chi connectivity index (χ4v) is 4.74. The van der Waals surface area contributed by atoms with Gasteiger partial charge in [0.1, 0.15) is 5.82 Å². The first-order chi connectivity index (χ1) is 15.4. The van der Waals surface area contributed by atoms with Gasteiger partial charge >= 0.3 is 0 Å². The number of carbonyl (C=O) groups is 1. The van der Waals surface area contributed by atoms with Gasteiger partial charge < -0.3 is 9.88 Å². The molecule has 3 aromatic rings. The van der Waals surface area contributed by atoms with Crippen molar-refractivity contribution in [3.63, 3.8) is 0 Å². The number of hydrogen-bond acceptors (Lipinski definition) is 5. The van der Waals surface area contributed by atoms with Crippen LogP contribution >= 0.6 is 0 Å². The Kier molecular flexibility index (Phi) is 6.38. The lowest BCUT2D eigenvalue weighted by atomic mass is 10.1. The van der Waals surface area contributed by atoms with Crippen molar-refractivity contribution in [1.82, 2.24) is 19.1 Å². The number of carbonyl (C=O) groups excluding carboxylic acids is 1. The molecule has 1 N–H and O–H groups in total. The molecule has 0 saturated carbocycles. The molecule has 0 atom stereocenters. The third kappa shape index (κ3) is 4.58. The smallest absolute Gasteiger partial charge is 0.255 e. The van der Waals surface area contributed by atoms with E-state index in [0.717, 1.165) is 47.3 Å². The van der Waals surface area contributed by atoms with Crippen molar-refractivity contribution in [2.75, 3.05) is 19.4 Å². The lowest BCUT2D eigenvalue weighted by Crippen LogP contribution is -2.22. The molecule has 0 aliphatic carbocycles. The molecule has 2 heterocycles. The highest BCUT2D eigenvalue weighted by molar-refractivity contribution is 7.89. The summed E-state index contributed by atoms with van der Waals surface area (Å²) >= 11 is 0. The fraction of sp³-hybridized carbons (Fsp3) is 0.348. The largest absolute Gasteiger partial charge is 0.322 e. The molecular weight excluding hydrogens is 426 g/mol. The molecule has 9 heteroatoms. The highest BCUT2D eigenvalue weighted by atomic mass is 32.2. The van der Waals surface area contributed by atoms with Gasteiger partial charge in [-0.25, -0.2) is 12.7 Å². The van der Waals surface area contributed by atoms with Gasteiger partial charge in [-0.2, -0.15) is 0 Å². The molecule has 32 heavy (non-hydrogen) atoms. The van der Waals surface area contributed by atoms with E-state index in [1.807, 2.05) is 24.3 Å². The van der Waals surface area contributed by atoms with Crippen LogP contribution in [0.25, 0.3) is 11.4 Å². The summed E-state index contributed by atoms with van der Waals surface area (Å²) in [5.74, 6) is 1.51. The van der Waals surface area contributed by atoms with Crippen LogP contribution in [0, 0.1) is 0 Å². The summed E-state index contributed by atoms with van der Waals surface area (Å²) in [4.78, 5) is 12.8. The summed E-state index contributed by atoms with van der Waals surface area (Å²) < 4.78 is 28.0. The van der Waals surface area contributed by atoms with Crippen molar-refractivity contribution in [1.29, 1.82) is 0 Å². The number of benzene rings is 2. The van der Waals surface area contributed by atoms with Gasteiger partial charge in [0.15, 0.2) is 5.82 Å². The van der Waals surface area contributed by atoms with Gasteiger partial charge in [0.05, 0.1) is 4.90 Å². The molecule has 0 saturated heterocycles. The van der Waals surface area contributed by atoms with Crippen LogP contribution in [0.5, 0.6) is 0 Å². The topological polar surface area (TPSA) is 97.2 Å². The minimum atomic E-state index is -3.61. The minimum absolute atomic E-state index is 0.0776. The number of aryl methyl sites for hydroxylation is 1. The molecule has 1 aliphatic heterocycles. The second kappa shape index (κ2) is 9.22. The van der Waals surface area contributed by atoms with Crippen LogP contribution in [0.15, 0.2) is 53.4 Å². The number of amides is 1. The van der Waals surface area contributed by atoms with E-state index in [1.165, 1.54) is 39.1 Å². The number of anilines is 1. The number of hydrogen-bond donors (Lipinski definition) is 1. The molecule has 1 aromatic heterocycles. The van der Waals surface area contributed by atoms with Crippen LogP contribution in [0.4, 0.5) is 5.69 Å². The number of nitrogens with zero attached hydrogens (tertiary/aromatic N) is 4. The summed E-state index contributed by atoms with van der Waals surface area (Å²) in [6.07, 6.45) is 5.67. The van der Waals surface area contributed by atoms with Crippen LogP contribution < -0.4 is 5.32 Å². The van der Waals surface area contributed by atoms with Crippen LogP contribution in [-0.2, 0) is 23.0 Å². The highest BCUT2D eigenvalue weighted by Gasteiger charge is 2.19. The lowest BCUT2D eigenvalue weighted by Gasteiger charge is -2.14. The Morgan fingerprint density at radius 2 is 1.75 bits per heavy atom. The number of fused-ring (bicyclic) bond motifs is 1. The van der Waals surface area contributed by atoms with Gasteiger partial charge in [-0.3, -0.25) is 4.79 Å². The van der Waals surface area contributed by atoms with Gasteiger partial charge in [0.2, 0.25) is 10.0 Å². The first kappa shape index (κ1) is 22.2. The molecule has 0 radical (unpaired) electrons. The normalized spacial score (nSPS) is 14.5. The standard InChI is InChI=1S/C23H27N5O3S/c1-27(2)32(30,31)20-9-7-8-18(16-20)23(29)24-19-13-11-17(12-14-19)22-26-25-21-10-5-3-4-6-15-28(21)22/h7-9,11-14,16H,3-6,10,15H2,1-2H3,(H,24,29). The maximum atomic E-state index is 12.7. The Hall–Kier alpha value is -3.04. The quantitative estimate of drug-likeness (QED) is 0.637. The van der Waals surface area contributed by atoms with Crippen molar-refractivity contribution in [2.45, 2.75) is 43.5 Å². The molecule has 4 rings (SSSR count). The molecule has 1 amide bonds. The Morgan fingerprint density at radius 1 is 1.00 bits per heavy atom. The van der Waals surface area contributed by atoms with Gasteiger partial charge in [-0.05, 0) is 55.3 Å². The molecule has 0 spiro atoms. The first-order valence-corrected chi connectivity index (χ1v) is 12.2. The summed E-state index contributed by atoms with van der Waals surface area (Å²) in [6.45, 7) is 0.919. The molecule has 8 nitrogen and oxygen atoms in total. The van der Waals surface area contributed by atoms with Gasteiger partial charge in [0, 0.05) is 43.9 Å². The summed E-state index contributed by atoms with van der Waals surface area (Å²) in [7, 11) is -0.695. The van der Waals surface area contributed by atoms with E-state index in [-0.39, 0.29) is 16.4 Å². The molecule has 0 bridgehead atoms. The Morgan fingerprint density at radius 3 is 2.50 bits per heavy atom. The van der Waals surface area contributed by atoms with Crippen LogP contribution in [-0.4, -0.2) is 47.5 Å². The molecular formula is C23H27N5O3S. The predicted molar refractivity (Wildman–Crippen MR) is 123 cm³/mol. The maximum absolute atomic E-state index is 12.7. The predicted octanol–water partition coefficient (Wildman–Crippen LogP) is 3.56. The third-order valence-corrected chi connectivity index (χ3v) is 7.45. The van der Waals surface area contributed by atoms with E-state index in [0.29, 0.717) is 5.69 Å². The van der Waals surface area contributed by atoms with Crippen molar-refractivity contribution >= 4 is 21.6 Å². The molecule has 0 fully saturated rings. The fourth-order valence-electron chi connectivity index (χ4n) is 3.79. The second-order valence-electron chi connectivity index (χ2n) is 8.10. The SMILES string of the molecule is CN(C)S(=O)(=O)c1cccc(C(=O)Nc2ccc(-c3nnc4n3CCCCCC4)cc2)c1. The lowest BCUT2D eigenvalue weighted by molar-refractivity contribution is 0.102. The van der Waals surface area contributed by atoms with Crippen LogP contribution in [0.1, 0.15) is 41.9 Å². The van der Waals surface area contributed by atoms with E-state index in [9.17, 15) is 13.2 Å².